The van der Waals surface area contributed by atoms with Crippen molar-refractivity contribution in [2.45, 2.75) is 0 Å². The van der Waals surface area contributed by atoms with E-state index in [2.05, 4.69) is 21.2 Å². The second kappa shape index (κ2) is 10.2. The second-order valence-electron chi connectivity index (χ2n) is 6.28. The molecular formula is C24H17BrN2O4. The molecule has 0 bridgehead atoms. The third-order valence-electron chi connectivity index (χ3n) is 4.16. The summed E-state index contributed by atoms with van der Waals surface area (Å²) in [5.41, 5.74) is 1.40. The molecule has 31 heavy (non-hydrogen) atoms. The molecule has 0 unspecified atom stereocenters. The number of halogens is 1. The second-order valence-corrected chi connectivity index (χ2v) is 7.13. The Labute approximate surface area is 187 Å². The number of para-hydroxylation sites is 1. The summed E-state index contributed by atoms with van der Waals surface area (Å²) in [7, 11) is 1.43. The molecule has 3 rings (SSSR count). The lowest BCUT2D eigenvalue weighted by Gasteiger charge is -2.12. The normalized spacial score (nSPS) is 10.7. The first kappa shape index (κ1) is 21.8. The van der Waals surface area contributed by atoms with Gasteiger partial charge in [0.1, 0.15) is 11.6 Å². The van der Waals surface area contributed by atoms with E-state index in [9.17, 15) is 14.9 Å². The molecule has 0 radical (unpaired) electrons. The van der Waals surface area contributed by atoms with Gasteiger partial charge >= 0.3 is 5.97 Å². The van der Waals surface area contributed by atoms with Gasteiger partial charge in [-0.3, -0.25) is 4.79 Å². The van der Waals surface area contributed by atoms with E-state index < -0.39 is 11.9 Å². The maximum Gasteiger partial charge on any atom is 0.343 e. The van der Waals surface area contributed by atoms with E-state index in [1.54, 1.807) is 66.7 Å². The molecule has 1 N–H and O–H groups in total. The van der Waals surface area contributed by atoms with Gasteiger partial charge < -0.3 is 14.8 Å². The number of esters is 1. The number of nitrogens with zero attached hydrogens (tertiary/aromatic N) is 1. The van der Waals surface area contributed by atoms with Crippen LogP contribution in [-0.2, 0) is 4.79 Å². The van der Waals surface area contributed by atoms with Crippen LogP contribution in [0.4, 0.5) is 5.69 Å². The minimum atomic E-state index is -0.539. The highest BCUT2D eigenvalue weighted by Crippen LogP contribution is 2.37. The van der Waals surface area contributed by atoms with E-state index in [0.29, 0.717) is 21.3 Å². The maximum absolute atomic E-state index is 12.4. The van der Waals surface area contributed by atoms with Crippen LogP contribution >= 0.6 is 15.9 Å². The predicted molar refractivity (Wildman–Crippen MR) is 121 cm³/mol. The number of benzene rings is 3. The molecule has 0 aliphatic rings. The lowest BCUT2D eigenvalue weighted by molar-refractivity contribution is -0.112. The van der Waals surface area contributed by atoms with Crippen molar-refractivity contribution in [3.63, 3.8) is 0 Å². The Hall–Kier alpha value is -3.89. The molecule has 0 atom stereocenters. The number of rotatable bonds is 6. The van der Waals surface area contributed by atoms with Crippen LogP contribution in [0.5, 0.6) is 11.5 Å². The van der Waals surface area contributed by atoms with E-state index in [1.807, 2.05) is 12.1 Å². The van der Waals surface area contributed by atoms with E-state index in [4.69, 9.17) is 9.47 Å². The first-order valence-electron chi connectivity index (χ1n) is 9.14. The van der Waals surface area contributed by atoms with Crippen molar-refractivity contribution in [3.8, 4) is 17.6 Å². The summed E-state index contributed by atoms with van der Waals surface area (Å²) in [4.78, 5) is 24.8. The number of hydrogen-bond acceptors (Lipinski definition) is 5. The van der Waals surface area contributed by atoms with Gasteiger partial charge in [0.05, 0.1) is 17.1 Å². The predicted octanol–water partition coefficient (Wildman–Crippen LogP) is 5.22. The SMILES string of the molecule is COc1cc(/C=C(\C#N)C(=O)Nc2ccccc2)cc(Br)c1OC(=O)c1ccccc1. The van der Waals surface area contributed by atoms with E-state index in [1.165, 1.54) is 13.2 Å². The number of carbonyl (C=O) groups excluding carboxylic acids is 2. The van der Waals surface area contributed by atoms with Crippen LogP contribution in [0.25, 0.3) is 6.08 Å². The van der Waals surface area contributed by atoms with Crippen molar-refractivity contribution in [2.75, 3.05) is 12.4 Å². The third-order valence-corrected chi connectivity index (χ3v) is 4.75. The largest absolute Gasteiger partial charge is 0.493 e. The molecule has 0 saturated carbocycles. The highest BCUT2D eigenvalue weighted by molar-refractivity contribution is 9.10. The lowest BCUT2D eigenvalue weighted by Crippen LogP contribution is -2.13. The molecule has 0 fully saturated rings. The zero-order valence-electron chi connectivity index (χ0n) is 16.5. The van der Waals surface area contributed by atoms with E-state index in [-0.39, 0.29) is 17.1 Å². The fourth-order valence-corrected chi connectivity index (χ4v) is 3.22. The monoisotopic (exact) mass is 476 g/mol. The Kier molecular flexibility index (Phi) is 7.20. The molecule has 0 aliphatic carbocycles. The highest BCUT2D eigenvalue weighted by Gasteiger charge is 2.17. The first-order chi connectivity index (χ1) is 15.0. The Bertz CT molecular complexity index is 1170. The van der Waals surface area contributed by atoms with Gasteiger partial charge in [0.15, 0.2) is 11.5 Å². The fraction of sp³-hybridized carbons (Fsp3) is 0.0417. The van der Waals surface area contributed by atoms with Gasteiger partial charge in [-0.05, 0) is 64.0 Å². The molecule has 6 nitrogen and oxygen atoms in total. The average Bonchev–Trinajstić information content (AvgIpc) is 2.80. The molecular weight excluding hydrogens is 460 g/mol. The van der Waals surface area contributed by atoms with Gasteiger partial charge in [-0.2, -0.15) is 5.26 Å². The molecule has 3 aromatic carbocycles. The van der Waals surface area contributed by atoms with Crippen LogP contribution in [0, 0.1) is 11.3 Å². The quantitative estimate of drug-likeness (QED) is 0.228. The van der Waals surface area contributed by atoms with Crippen molar-refractivity contribution >= 4 is 39.6 Å². The summed E-state index contributed by atoms with van der Waals surface area (Å²) in [5, 5.41) is 12.1. The number of hydrogen-bond donors (Lipinski definition) is 1. The summed E-state index contributed by atoms with van der Waals surface area (Å²) >= 11 is 3.37. The summed E-state index contributed by atoms with van der Waals surface area (Å²) in [6, 6.07) is 22.5. The van der Waals surface area contributed by atoms with Crippen molar-refractivity contribution in [3.05, 3.63) is 94.0 Å². The minimum Gasteiger partial charge on any atom is -0.493 e. The van der Waals surface area contributed by atoms with E-state index >= 15 is 0 Å². The smallest absolute Gasteiger partial charge is 0.343 e. The van der Waals surface area contributed by atoms with Crippen LogP contribution in [0.3, 0.4) is 0 Å². The van der Waals surface area contributed by atoms with Crippen molar-refractivity contribution < 1.29 is 19.1 Å². The fourth-order valence-electron chi connectivity index (χ4n) is 2.68. The zero-order valence-corrected chi connectivity index (χ0v) is 18.0. The first-order valence-corrected chi connectivity index (χ1v) is 9.94. The van der Waals surface area contributed by atoms with Crippen molar-refractivity contribution in [1.82, 2.24) is 0 Å². The lowest BCUT2D eigenvalue weighted by atomic mass is 10.1. The Morgan fingerprint density at radius 2 is 1.68 bits per heavy atom. The average molecular weight is 477 g/mol. The van der Waals surface area contributed by atoms with Crippen LogP contribution in [0.1, 0.15) is 15.9 Å². The third kappa shape index (κ3) is 5.59. The Morgan fingerprint density at radius 1 is 1.03 bits per heavy atom. The Balaban J connectivity index is 1.86. The molecule has 0 saturated heterocycles. The van der Waals surface area contributed by atoms with E-state index in [0.717, 1.165) is 0 Å². The standard InChI is InChI=1S/C24H17BrN2O4/c1-30-21-14-16(12-18(15-26)23(28)27-19-10-6-3-7-11-19)13-20(25)22(21)31-24(29)17-8-4-2-5-9-17/h2-14H,1H3,(H,27,28)/b18-12+. The number of nitrogens with one attached hydrogen (secondary N) is 1. The maximum atomic E-state index is 12.4. The topological polar surface area (TPSA) is 88.4 Å². The summed E-state index contributed by atoms with van der Waals surface area (Å²) in [6.45, 7) is 0. The minimum absolute atomic E-state index is 0.0909. The molecule has 154 valence electrons. The molecule has 0 aliphatic heterocycles. The molecule has 0 aromatic heterocycles. The Morgan fingerprint density at radius 3 is 2.29 bits per heavy atom. The van der Waals surface area contributed by atoms with Gasteiger partial charge in [0, 0.05) is 5.69 Å². The van der Waals surface area contributed by atoms with Crippen LogP contribution in [0.15, 0.2) is 82.8 Å². The highest BCUT2D eigenvalue weighted by atomic mass is 79.9. The van der Waals surface area contributed by atoms with Gasteiger partial charge in [-0.25, -0.2) is 4.79 Å². The number of amides is 1. The van der Waals surface area contributed by atoms with Crippen LogP contribution in [-0.4, -0.2) is 19.0 Å². The zero-order chi connectivity index (χ0) is 22.2. The molecule has 3 aromatic rings. The number of ether oxygens (including phenoxy) is 2. The summed E-state index contributed by atoms with van der Waals surface area (Å²) in [6.07, 6.45) is 1.42. The van der Waals surface area contributed by atoms with Crippen LogP contribution < -0.4 is 14.8 Å². The summed E-state index contributed by atoms with van der Waals surface area (Å²) in [5.74, 6) is -0.613. The van der Waals surface area contributed by atoms with Crippen LogP contribution in [0.2, 0.25) is 0 Å². The molecule has 7 heteroatoms. The van der Waals surface area contributed by atoms with Crippen molar-refractivity contribution in [2.24, 2.45) is 0 Å². The van der Waals surface area contributed by atoms with Crippen molar-refractivity contribution in [1.29, 1.82) is 5.26 Å². The summed E-state index contributed by atoms with van der Waals surface area (Å²) < 4.78 is 11.3. The van der Waals surface area contributed by atoms with Gasteiger partial charge in [0.25, 0.3) is 5.91 Å². The van der Waals surface area contributed by atoms with Gasteiger partial charge in [0.2, 0.25) is 0 Å². The molecule has 0 heterocycles. The number of nitriles is 1. The molecule has 1 amide bonds. The van der Waals surface area contributed by atoms with Gasteiger partial charge in [-0.1, -0.05) is 36.4 Å². The van der Waals surface area contributed by atoms with Gasteiger partial charge in [-0.15, -0.1) is 0 Å². The number of anilines is 1. The number of methoxy groups -OCH3 is 1. The number of carbonyl (C=O) groups is 2. The molecule has 0 spiro atoms.